The first kappa shape index (κ1) is 25.2. The lowest BCUT2D eigenvalue weighted by Gasteiger charge is -2.20. The van der Waals surface area contributed by atoms with E-state index < -0.39 is 6.09 Å². The second-order valence-corrected chi connectivity index (χ2v) is 8.53. The Labute approximate surface area is 210 Å². The fourth-order valence-electron chi connectivity index (χ4n) is 3.93. The van der Waals surface area contributed by atoms with E-state index in [0.717, 1.165) is 43.7 Å². The fourth-order valence-corrected chi connectivity index (χ4v) is 3.93. The largest absolute Gasteiger partial charge is 0.423 e. The van der Waals surface area contributed by atoms with Crippen molar-refractivity contribution in [2.24, 2.45) is 0 Å². The summed E-state index contributed by atoms with van der Waals surface area (Å²) in [6.45, 7) is 8.29. The Hall–Kier alpha value is -3.91. The molecule has 188 valence electrons. The van der Waals surface area contributed by atoms with E-state index in [0.29, 0.717) is 28.6 Å². The molecule has 1 aromatic heterocycles. The Bertz CT molecular complexity index is 1280. The zero-order chi connectivity index (χ0) is 25.5. The van der Waals surface area contributed by atoms with E-state index in [9.17, 15) is 9.18 Å². The van der Waals surface area contributed by atoms with Gasteiger partial charge in [-0.25, -0.2) is 9.18 Å². The highest BCUT2D eigenvalue weighted by Crippen LogP contribution is 2.25. The molecule has 8 heteroatoms. The Morgan fingerprint density at radius 3 is 2.31 bits per heavy atom. The van der Waals surface area contributed by atoms with Gasteiger partial charge in [-0.15, -0.1) is 0 Å². The molecule has 7 nitrogen and oxygen atoms in total. The molecule has 0 atom stereocenters. The smallest absolute Gasteiger partial charge is 0.417 e. The predicted octanol–water partition coefficient (Wildman–Crippen LogP) is 6.41. The van der Waals surface area contributed by atoms with E-state index >= 15 is 0 Å². The van der Waals surface area contributed by atoms with Gasteiger partial charge in [-0.2, -0.15) is 4.98 Å². The quantitative estimate of drug-likeness (QED) is 0.277. The Balaban J connectivity index is 1.34. The lowest BCUT2D eigenvalue weighted by atomic mass is 10.1. The number of oxazole rings is 1. The number of rotatable bonds is 10. The molecule has 1 N–H and O–H groups in total. The number of nitrogens with zero attached hydrogens (tertiary/aromatic N) is 3. The van der Waals surface area contributed by atoms with Crippen LogP contribution in [0.3, 0.4) is 0 Å². The van der Waals surface area contributed by atoms with Crippen molar-refractivity contribution in [1.29, 1.82) is 0 Å². The molecular formula is C28H31FN4O3. The lowest BCUT2D eigenvalue weighted by molar-refractivity contribution is 0.215. The monoisotopic (exact) mass is 490 g/mol. The first-order valence-electron chi connectivity index (χ1n) is 12.1. The maximum absolute atomic E-state index is 13.1. The summed E-state index contributed by atoms with van der Waals surface area (Å²) in [5.74, 6) is 0.114. The standard InChI is InChI=1S/C28H31FN4O3/c1-4-33(5-2)18-6-17-32(3)27-31-25-19-23(13-16-26(25)36-27)30-28(34)35-24-14-9-21(10-15-24)20-7-11-22(29)12-8-20/h7-16,19H,4-6,17-18H2,1-3H3,(H,30,34). The number of anilines is 2. The van der Waals surface area contributed by atoms with Gasteiger partial charge in [-0.1, -0.05) is 38.1 Å². The summed E-state index contributed by atoms with van der Waals surface area (Å²) in [6.07, 6.45) is 0.404. The van der Waals surface area contributed by atoms with Crippen molar-refractivity contribution in [3.05, 3.63) is 72.5 Å². The SMILES string of the molecule is CCN(CC)CCCN(C)c1nc2cc(NC(=O)Oc3ccc(-c4ccc(F)cc4)cc3)ccc2o1. The number of ether oxygens (including phenoxy) is 1. The number of fused-ring (bicyclic) bond motifs is 1. The first-order valence-corrected chi connectivity index (χ1v) is 12.1. The summed E-state index contributed by atoms with van der Waals surface area (Å²) in [4.78, 5) is 21.4. The molecule has 0 bridgehead atoms. The number of nitrogens with one attached hydrogen (secondary N) is 1. The molecule has 0 aliphatic carbocycles. The summed E-state index contributed by atoms with van der Waals surface area (Å²) in [5.41, 5.74) is 3.63. The highest BCUT2D eigenvalue weighted by Gasteiger charge is 2.13. The van der Waals surface area contributed by atoms with Gasteiger partial charge in [0.2, 0.25) is 0 Å². The molecule has 4 rings (SSSR count). The summed E-state index contributed by atoms with van der Waals surface area (Å²) in [6, 6.07) is 19.1. The van der Waals surface area contributed by atoms with Gasteiger partial charge in [-0.05, 0) is 79.6 Å². The van der Waals surface area contributed by atoms with E-state index in [1.54, 1.807) is 42.5 Å². The molecule has 1 heterocycles. The Kier molecular flexibility index (Phi) is 8.17. The zero-order valence-corrected chi connectivity index (χ0v) is 20.8. The number of benzene rings is 3. The molecule has 0 saturated carbocycles. The van der Waals surface area contributed by atoms with E-state index in [2.05, 4.69) is 29.0 Å². The summed E-state index contributed by atoms with van der Waals surface area (Å²) < 4.78 is 24.4. The van der Waals surface area contributed by atoms with Crippen molar-refractivity contribution < 1.29 is 18.3 Å². The summed E-state index contributed by atoms with van der Waals surface area (Å²) in [7, 11) is 1.96. The molecule has 4 aromatic rings. The van der Waals surface area contributed by atoms with Gasteiger partial charge >= 0.3 is 6.09 Å². The van der Waals surface area contributed by atoms with Gasteiger partial charge in [0.25, 0.3) is 6.01 Å². The average molecular weight is 491 g/mol. The molecule has 0 spiro atoms. The zero-order valence-electron chi connectivity index (χ0n) is 20.8. The number of carbonyl (C=O) groups is 1. The van der Waals surface area contributed by atoms with Gasteiger partial charge in [0.15, 0.2) is 5.58 Å². The van der Waals surface area contributed by atoms with Crippen LogP contribution in [0.15, 0.2) is 71.1 Å². The average Bonchev–Trinajstić information content (AvgIpc) is 3.31. The molecule has 36 heavy (non-hydrogen) atoms. The highest BCUT2D eigenvalue weighted by molar-refractivity contribution is 5.89. The van der Waals surface area contributed by atoms with Crippen molar-refractivity contribution in [3.8, 4) is 16.9 Å². The maximum atomic E-state index is 13.1. The summed E-state index contributed by atoms with van der Waals surface area (Å²) in [5, 5.41) is 2.73. The van der Waals surface area contributed by atoms with Crippen molar-refractivity contribution in [1.82, 2.24) is 9.88 Å². The Morgan fingerprint density at radius 1 is 0.972 bits per heavy atom. The lowest BCUT2D eigenvalue weighted by Crippen LogP contribution is -2.28. The van der Waals surface area contributed by atoms with Crippen LogP contribution in [0.1, 0.15) is 20.3 Å². The van der Waals surface area contributed by atoms with Crippen molar-refractivity contribution >= 4 is 28.9 Å². The van der Waals surface area contributed by atoms with Gasteiger partial charge < -0.3 is 19.0 Å². The molecule has 0 radical (unpaired) electrons. The van der Waals surface area contributed by atoms with Crippen molar-refractivity contribution in [2.75, 3.05) is 43.4 Å². The number of hydrogen-bond donors (Lipinski definition) is 1. The molecule has 0 unspecified atom stereocenters. The third-order valence-corrected chi connectivity index (χ3v) is 6.05. The minimum Gasteiger partial charge on any atom is -0.423 e. The van der Waals surface area contributed by atoms with Crippen LogP contribution < -0.4 is 15.0 Å². The van der Waals surface area contributed by atoms with Crippen LogP contribution in [0.5, 0.6) is 5.75 Å². The molecule has 0 aliphatic rings. The number of amides is 1. The minimum atomic E-state index is -0.610. The predicted molar refractivity (Wildman–Crippen MR) is 141 cm³/mol. The van der Waals surface area contributed by atoms with Gasteiger partial charge in [0.05, 0.1) is 0 Å². The molecular weight excluding hydrogens is 459 g/mol. The third-order valence-electron chi connectivity index (χ3n) is 6.05. The second kappa shape index (κ2) is 11.7. The van der Waals surface area contributed by atoms with Crippen molar-refractivity contribution in [3.63, 3.8) is 0 Å². The second-order valence-electron chi connectivity index (χ2n) is 8.53. The molecule has 1 amide bonds. The van der Waals surface area contributed by atoms with E-state index in [1.165, 1.54) is 12.1 Å². The molecule has 0 fully saturated rings. The van der Waals surface area contributed by atoms with E-state index in [1.807, 2.05) is 24.1 Å². The minimum absolute atomic E-state index is 0.284. The van der Waals surface area contributed by atoms with Crippen LogP contribution in [0.25, 0.3) is 22.2 Å². The van der Waals surface area contributed by atoms with Crippen LogP contribution in [0.2, 0.25) is 0 Å². The van der Waals surface area contributed by atoms with Crippen LogP contribution in [0, 0.1) is 5.82 Å². The van der Waals surface area contributed by atoms with Gasteiger partial charge in [-0.3, -0.25) is 5.32 Å². The number of aromatic nitrogens is 1. The highest BCUT2D eigenvalue weighted by atomic mass is 19.1. The number of carbonyl (C=O) groups excluding carboxylic acids is 1. The first-order chi connectivity index (χ1) is 17.4. The van der Waals surface area contributed by atoms with Crippen molar-refractivity contribution in [2.45, 2.75) is 20.3 Å². The molecule has 3 aromatic carbocycles. The fraction of sp³-hybridized carbons (Fsp3) is 0.286. The molecule has 0 aliphatic heterocycles. The third kappa shape index (κ3) is 6.40. The number of halogens is 1. The van der Waals surface area contributed by atoms with Crippen LogP contribution >= 0.6 is 0 Å². The van der Waals surface area contributed by atoms with E-state index in [4.69, 9.17) is 9.15 Å². The Morgan fingerprint density at radius 2 is 1.64 bits per heavy atom. The molecule has 0 saturated heterocycles. The van der Waals surface area contributed by atoms with E-state index in [-0.39, 0.29) is 5.82 Å². The number of hydrogen-bond acceptors (Lipinski definition) is 6. The van der Waals surface area contributed by atoms with Gasteiger partial charge in [0, 0.05) is 19.3 Å². The van der Waals surface area contributed by atoms with Crippen LogP contribution in [-0.4, -0.2) is 49.2 Å². The van der Waals surface area contributed by atoms with Crippen LogP contribution in [0.4, 0.5) is 20.9 Å². The van der Waals surface area contributed by atoms with Crippen LogP contribution in [-0.2, 0) is 0 Å². The normalized spacial score (nSPS) is 11.1. The maximum Gasteiger partial charge on any atom is 0.417 e. The topological polar surface area (TPSA) is 70.8 Å². The van der Waals surface area contributed by atoms with Gasteiger partial charge in [0.1, 0.15) is 17.1 Å². The summed E-state index contributed by atoms with van der Waals surface area (Å²) >= 11 is 0.